The lowest BCUT2D eigenvalue weighted by atomic mass is 9.86. The van der Waals surface area contributed by atoms with E-state index in [4.69, 9.17) is 16.3 Å². The van der Waals surface area contributed by atoms with Gasteiger partial charge in [-0.3, -0.25) is 19.2 Å². The van der Waals surface area contributed by atoms with Crippen molar-refractivity contribution in [1.82, 2.24) is 9.47 Å². The first-order chi connectivity index (χ1) is 22.8. The number of carbonyl (C=O) groups is 3. The predicted molar refractivity (Wildman–Crippen MR) is 191 cm³/mol. The summed E-state index contributed by atoms with van der Waals surface area (Å²) in [5, 5.41) is 8.97. The van der Waals surface area contributed by atoms with Gasteiger partial charge >= 0.3 is 0 Å². The van der Waals surface area contributed by atoms with Crippen molar-refractivity contribution >= 4 is 52.1 Å². The quantitative estimate of drug-likeness (QED) is 0.189. The highest BCUT2D eigenvalue weighted by Gasteiger charge is 2.20. The Bertz CT molecular complexity index is 1890. The second-order valence-electron chi connectivity index (χ2n) is 12.8. The molecule has 1 aliphatic heterocycles. The molecule has 1 aromatic heterocycles. The topological polar surface area (TPSA) is 122 Å². The van der Waals surface area contributed by atoms with Crippen molar-refractivity contribution in [1.29, 1.82) is 0 Å². The van der Waals surface area contributed by atoms with Crippen LogP contribution in [0.3, 0.4) is 0 Å². The van der Waals surface area contributed by atoms with Crippen LogP contribution in [-0.2, 0) is 22.0 Å². The third-order valence-corrected chi connectivity index (χ3v) is 8.52. The average Bonchev–Trinajstić information content (AvgIpc) is 3.08. The highest BCUT2D eigenvalue weighted by Crippen LogP contribution is 2.34. The predicted octanol–water partition coefficient (Wildman–Crippen LogP) is 6.30. The molecular formula is C37H40ClN5O5. The molecule has 3 aromatic carbocycles. The Morgan fingerprint density at radius 2 is 1.50 bits per heavy atom. The largest absolute Gasteiger partial charge is 0.378 e. The first-order valence-electron chi connectivity index (χ1n) is 15.7. The van der Waals surface area contributed by atoms with E-state index in [1.54, 1.807) is 72.7 Å². The summed E-state index contributed by atoms with van der Waals surface area (Å²) in [6.07, 6.45) is 1.70. The smallest absolute Gasteiger partial charge is 0.274 e. The van der Waals surface area contributed by atoms with E-state index in [1.807, 2.05) is 19.1 Å². The molecule has 0 spiro atoms. The van der Waals surface area contributed by atoms with Gasteiger partial charge < -0.3 is 30.2 Å². The lowest BCUT2D eigenvalue weighted by Gasteiger charge is -2.26. The zero-order valence-electron chi connectivity index (χ0n) is 27.8. The molecule has 0 radical (unpaired) electrons. The van der Waals surface area contributed by atoms with Crippen molar-refractivity contribution in [2.45, 2.75) is 33.1 Å². The maximum absolute atomic E-state index is 13.4. The number of benzene rings is 3. The zero-order chi connectivity index (χ0) is 34.6. The van der Waals surface area contributed by atoms with Crippen LogP contribution in [0, 0.1) is 6.92 Å². The standard InChI is InChI=1S/C37H40ClN5O5/c1-23-30(19-29(40-33(44)21-38)20-31(23)41-34(45)24-6-10-27(11-7-24)37(2,3)4)26-18-32(36(47)42(5)22-26)39-28-12-8-25(9-13-28)35(46)43-14-16-48-17-15-43/h6-13,18-20,22,39H,14-17,21H2,1-5H3,(H,40,44)(H,41,45). The van der Waals surface area contributed by atoms with Crippen LogP contribution in [0.2, 0.25) is 0 Å². The molecule has 11 heteroatoms. The van der Waals surface area contributed by atoms with Crippen LogP contribution >= 0.6 is 11.6 Å². The normalized spacial score (nSPS) is 13.2. The maximum atomic E-state index is 13.4. The number of rotatable bonds is 8. The lowest BCUT2D eigenvalue weighted by Crippen LogP contribution is -2.40. The van der Waals surface area contributed by atoms with Gasteiger partial charge in [-0.1, -0.05) is 32.9 Å². The third kappa shape index (κ3) is 7.95. The van der Waals surface area contributed by atoms with E-state index < -0.39 is 5.91 Å². The van der Waals surface area contributed by atoms with Gasteiger partial charge in [0.15, 0.2) is 0 Å². The summed E-state index contributed by atoms with van der Waals surface area (Å²) >= 11 is 5.79. The van der Waals surface area contributed by atoms with Gasteiger partial charge in [-0.25, -0.2) is 0 Å². The van der Waals surface area contributed by atoms with Gasteiger partial charge in [-0.2, -0.15) is 0 Å². The number of morpholine rings is 1. The van der Waals surface area contributed by atoms with Crippen LogP contribution in [-0.4, -0.2) is 59.4 Å². The fraction of sp³-hybridized carbons (Fsp3) is 0.297. The molecule has 1 aliphatic rings. The molecule has 10 nitrogen and oxygen atoms in total. The number of nitrogens with one attached hydrogen (secondary N) is 3. The molecule has 3 N–H and O–H groups in total. The van der Waals surface area contributed by atoms with Crippen molar-refractivity contribution in [3.05, 3.63) is 106 Å². The van der Waals surface area contributed by atoms with Crippen LogP contribution in [0.5, 0.6) is 0 Å². The van der Waals surface area contributed by atoms with Crippen LogP contribution in [0.15, 0.2) is 77.7 Å². The molecule has 2 heterocycles. The van der Waals surface area contributed by atoms with E-state index in [2.05, 4.69) is 36.7 Å². The summed E-state index contributed by atoms with van der Waals surface area (Å²) in [6.45, 7) is 10.3. The van der Waals surface area contributed by atoms with Crippen LogP contribution in [0.25, 0.3) is 11.1 Å². The molecule has 3 amide bonds. The summed E-state index contributed by atoms with van der Waals surface area (Å²) < 4.78 is 6.81. The summed E-state index contributed by atoms with van der Waals surface area (Å²) in [5.74, 6) is -1.01. The first kappa shape index (κ1) is 34.4. The fourth-order valence-corrected chi connectivity index (χ4v) is 5.54. The number of ether oxygens (including phenoxy) is 1. The van der Waals surface area contributed by atoms with E-state index >= 15 is 0 Å². The summed E-state index contributed by atoms with van der Waals surface area (Å²) in [4.78, 5) is 53.5. The first-order valence-corrected chi connectivity index (χ1v) is 16.2. The number of amides is 3. The molecule has 1 fully saturated rings. The SMILES string of the molecule is Cc1c(NC(=O)c2ccc(C(C)(C)C)cc2)cc(NC(=O)CCl)cc1-c1cc(Nc2ccc(C(=O)N3CCOCC3)cc2)c(=O)n(C)c1. The number of pyridine rings is 1. The van der Waals surface area contributed by atoms with E-state index in [9.17, 15) is 19.2 Å². The minimum Gasteiger partial charge on any atom is -0.378 e. The Morgan fingerprint density at radius 3 is 2.12 bits per heavy atom. The summed E-state index contributed by atoms with van der Waals surface area (Å²) in [5.41, 5.74) is 5.79. The number of aryl methyl sites for hydroxylation is 1. The van der Waals surface area contributed by atoms with Crippen LogP contribution in [0.4, 0.5) is 22.7 Å². The molecule has 5 rings (SSSR count). The molecule has 0 unspecified atom stereocenters. The second-order valence-corrected chi connectivity index (χ2v) is 13.1. The number of carbonyl (C=O) groups excluding carboxylic acids is 3. The van der Waals surface area contributed by atoms with Gasteiger partial charge in [0.25, 0.3) is 17.4 Å². The van der Waals surface area contributed by atoms with Gasteiger partial charge in [0.05, 0.1) is 13.2 Å². The highest BCUT2D eigenvalue weighted by atomic mass is 35.5. The Hall–Kier alpha value is -4.93. The van der Waals surface area contributed by atoms with E-state index in [1.165, 1.54) is 4.57 Å². The molecular weight excluding hydrogens is 630 g/mol. The number of alkyl halides is 1. The lowest BCUT2D eigenvalue weighted by molar-refractivity contribution is -0.113. The van der Waals surface area contributed by atoms with Crippen molar-refractivity contribution in [3.63, 3.8) is 0 Å². The Morgan fingerprint density at radius 1 is 0.854 bits per heavy atom. The molecule has 0 atom stereocenters. The van der Waals surface area contributed by atoms with Crippen LogP contribution < -0.4 is 21.5 Å². The molecule has 0 saturated carbocycles. The highest BCUT2D eigenvalue weighted by molar-refractivity contribution is 6.29. The Balaban J connectivity index is 1.46. The van der Waals surface area contributed by atoms with E-state index in [0.717, 1.165) is 11.1 Å². The fourth-order valence-electron chi connectivity index (χ4n) is 5.48. The van der Waals surface area contributed by atoms with Crippen molar-refractivity contribution in [3.8, 4) is 11.1 Å². The van der Waals surface area contributed by atoms with Gasteiger partial charge in [0.1, 0.15) is 11.6 Å². The zero-order valence-corrected chi connectivity index (χ0v) is 28.5. The van der Waals surface area contributed by atoms with Gasteiger partial charge in [0.2, 0.25) is 5.91 Å². The summed E-state index contributed by atoms with van der Waals surface area (Å²) in [6, 6.07) is 19.6. The number of hydrogen-bond acceptors (Lipinski definition) is 6. The van der Waals surface area contributed by atoms with E-state index in [0.29, 0.717) is 71.3 Å². The van der Waals surface area contributed by atoms with Gasteiger partial charge in [-0.05, 0) is 83.6 Å². The molecule has 250 valence electrons. The summed E-state index contributed by atoms with van der Waals surface area (Å²) in [7, 11) is 1.65. The van der Waals surface area contributed by atoms with Crippen molar-refractivity contribution in [2.75, 3.05) is 48.1 Å². The number of halogens is 1. The molecule has 4 aromatic rings. The van der Waals surface area contributed by atoms with E-state index in [-0.39, 0.29) is 28.7 Å². The molecule has 48 heavy (non-hydrogen) atoms. The van der Waals surface area contributed by atoms with Crippen LogP contribution in [0.1, 0.15) is 52.6 Å². The number of hydrogen-bond donors (Lipinski definition) is 3. The molecule has 0 aliphatic carbocycles. The third-order valence-electron chi connectivity index (χ3n) is 8.28. The van der Waals surface area contributed by atoms with Gasteiger partial charge in [0, 0.05) is 60.1 Å². The minimum atomic E-state index is -0.403. The molecule has 1 saturated heterocycles. The van der Waals surface area contributed by atoms with Crippen molar-refractivity contribution in [2.24, 2.45) is 7.05 Å². The van der Waals surface area contributed by atoms with Gasteiger partial charge in [-0.15, -0.1) is 11.6 Å². The minimum absolute atomic E-state index is 0.0511. The number of nitrogens with zero attached hydrogens (tertiary/aromatic N) is 2. The second kappa shape index (κ2) is 14.5. The Kier molecular flexibility index (Phi) is 10.4. The average molecular weight is 670 g/mol. The van der Waals surface area contributed by atoms with Crippen molar-refractivity contribution < 1.29 is 19.1 Å². The molecule has 0 bridgehead atoms. The number of aromatic nitrogens is 1. The number of anilines is 4. The maximum Gasteiger partial charge on any atom is 0.274 e. The monoisotopic (exact) mass is 669 g/mol. The Labute approximate surface area is 285 Å².